The van der Waals surface area contributed by atoms with Crippen molar-refractivity contribution in [1.82, 2.24) is 14.5 Å². The summed E-state index contributed by atoms with van der Waals surface area (Å²) in [6.45, 7) is 2.29. The van der Waals surface area contributed by atoms with E-state index in [4.69, 9.17) is 16.3 Å². The summed E-state index contributed by atoms with van der Waals surface area (Å²) in [5, 5.41) is 0.592. The van der Waals surface area contributed by atoms with E-state index in [-0.39, 0.29) is 5.91 Å². The lowest BCUT2D eigenvalue weighted by molar-refractivity contribution is -0.139. The minimum atomic E-state index is -0.561. The molecule has 1 aromatic heterocycles. The number of carbonyl (C=O) groups is 1. The van der Waals surface area contributed by atoms with Crippen LogP contribution >= 0.6 is 11.6 Å². The van der Waals surface area contributed by atoms with Gasteiger partial charge >= 0.3 is 0 Å². The Labute approximate surface area is 140 Å². The number of hydrogen-bond donors (Lipinski definition) is 0. The predicted molar refractivity (Wildman–Crippen MR) is 88.3 cm³/mol. The first-order chi connectivity index (χ1) is 11.0. The van der Waals surface area contributed by atoms with Crippen molar-refractivity contribution in [1.29, 1.82) is 0 Å². The largest absolute Gasteiger partial charge is 0.481 e. The van der Waals surface area contributed by atoms with Crippen molar-refractivity contribution in [2.75, 3.05) is 0 Å². The number of imidazole rings is 1. The second kappa shape index (κ2) is 6.62. The van der Waals surface area contributed by atoms with Gasteiger partial charge in [0, 0.05) is 30.5 Å². The van der Waals surface area contributed by atoms with Gasteiger partial charge in [-0.2, -0.15) is 0 Å². The van der Waals surface area contributed by atoms with Gasteiger partial charge in [0.25, 0.3) is 5.91 Å². The normalized spacial score (nSPS) is 15.3. The first-order valence-electron chi connectivity index (χ1n) is 7.73. The highest BCUT2D eigenvalue weighted by Crippen LogP contribution is 2.29. The van der Waals surface area contributed by atoms with E-state index in [1.807, 2.05) is 22.7 Å². The zero-order valence-electron chi connectivity index (χ0n) is 13.3. The molecule has 3 rings (SSSR count). The van der Waals surface area contributed by atoms with Crippen molar-refractivity contribution < 1.29 is 9.53 Å². The maximum Gasteiger partial charge on any atom is 0.264 e. The zero-order chi connectivity index (χ0) is 16.4. The molecular weight excluding hydrogens is 314 g/mol. The van der Waals surface area contributed by atoms with Crippen molar-refractivity contribution in [3.63, 3.8) is 0 Å². The fourth-order valence-corrected chi connectivity index (χ4v) is 2.68. The third-order valence-corrected chi connectivity index (χ3v) is 4.20. The van der Waals surface area contributed by atoms with E-state index in [0.29, 0.717) is 23.4 Å². The average molecular weight is 334 g/mol. The first-order valence-corrected chi connectivity index (χ1v) is 8.11. The average Bonchev–Trinajstić information content (AvgIpc) is 3.27. The minimum Gasteiger partial charge on any atom is -0.481 e. The third-order valence-electron chi connectivity index (χ3n) is 3.96. The highest BCUT2D eigenvalue weighted by Gasteiger charge is 2.36. The molecule has 1 saturated carbocycles. The van der Waals surface area contributed by atoms with Crippen molar-refractivity contribution in [3.8, 4) is 5.75 Å². The third kappa shape index (κ3) is 3.85. The van der Waals surface area contributed by atoms with Crippen molar-refractivity contribution in [2.45, 2.75) is 38.5 Å². The molecule has 0 unspecified atom stereocenters. The molecule has 0 radical (unpaired) electrons. The summed E-state index contributed by atoms with van der Waals surface area (Å²) in [5.74, 6) is 1.46. The van der Waals surface area contributed by atoms with Gasteiger partial charge in [-0.25, -0.2) is 4.98 Å². The molecule has 1 aliphatic carbocycles. The number of ether oxygens (including phenoxy) is 1. The number of aromatic nitrogens is 2. The van der Waals surface area contributed by atoms with Crippen LogP contribution in [-0.4, -0.2) is 32.5 Å². The molecule has 1 atom stereocenters. The lowest BCUT2D eigenvalue weighted by atomic mass is 10.3. The molecule has 1 fully saturated rings. The van der Waals surface area contributed by atoms with E-state index in [1.165, 1.54) is 0 Å². The number of benzene rings is 1. The van der Waals surface area contributed by atoms with Crippen LogP contribution in [0.15, 0.2) is 36.7 Å². The van der Waals surface area contributed by atoms with Crippen molar-refractivity contribution in [2.24, 2.45) is 7.05 Å². The van der Waals surface area contributed by atoms with Crippen molar-refractivity contribution >= 4 is 17.5 Å². The van der Waals surface area contributed by atoms with Crippen LogP contribution in [0, 0.1) is 0 Å². The molecule has 1 aliphatic rings. The number of nitrogens with zero attached hydrogens (tertiary/aromatic N) is 3. The molecule has 0 spiro atoms. The van der Waals surface area contributed by atoms with Crippen LogP contribution in [0.5, 0.6) is 5.75 Å². The first kappa shape index (κ1) is 15.9. The van der Waals surface area contributed by atoms with Crippen molar-refractivity contribution in [3.05, 3.63) is 47.5 Å². The van der Waals surface area contributed by atoms with E-state index < -0.39 is 6.10 Å². The summed E-state index contributed by atoms with van der Waals surface area (Å²) in [5.41, 5.74) is 0. The van der Waals surface area contributed by atoms with Crippen LogP contribution < -0.4 is 4.74 Å². The monoisotopic (exact) mass is 333 g/mol. The Kier molecular flexibility index (Phi) is 4.57. The molecule has 2 aromatic rings. The van der Waals surface area contributed by atoms with E-state index >= 15 is 0 Å². The van der Waals surface area contributed by atoms with Gasteiger partial charge < -0.3 is 14.2 Å². The Bertz CT molecular complexity index is 697. The summed E-state index contributed by atoms with van der Waals surface area (Å²) in [7, 11) is 1.93. The molecule has 6 heteroatoms. The van der Waals surface area contributed by atoms with E-state index in [2.05, 4.69) is 4.98 Å². The Hall–Kier alpha value is -2.01. The van der Waals surface area contributed by atoms with E-state index in [1.54, 1.807) is 37.4 Å². The number of carbonyl (C=O) groups excluding carboxylic acids is 1. The highest BCUT2D eigenvalue weighted by atomic mass is 35.5. The van der Waals surface area contributed by atoms with Gasteiger partial charge in [0.2, 0.25) is 0 Å². The number of amides is 1. The van der Waals surface area contributed by atoms with Gasteiger partial charge in [0.1, 0.15) is 11.6 Å². The Balaban J connectivity index is 1.69. The van der Waals surface area contributed by atoms with Gasteiger partial charge in [-0.05, 0) is 38.0 Å². The Morgan fingerprint density at radius 1 is 1.52 bits per heavy atom. The summed E-state index contributed by atoms with van der Waals surface area (Å²) in [4.78, 5) is 19.0. The summed E-state index contributed by atoms with van der Waals surface area (Å²) < 4.78 is 7.70. The Morgan fingerprint density at radius 2 is 2.30 bits per heavy atom. The Morgan fingerprint density at radius 3 is 2.91 bits per heavy atom. The molecular formula is C17H20ClN3O2. The fraction of sp³-hybridized carbons (Fsp3) is 0.412. The molecule has 0 bridgehead atoms. The topological polar surface area (TPSA) is 47.4 Å². The smallest absolute Gasteiger partial charge is 0.264 e. The lowest BCUT2D eigenvalue weighted by Gasteiger charge is -2.26. The summed E-state index contributed by atoms with van der Waals surface area (Å²) in [6.07, 6.45) is 5.16. The summed E-state index contributed by atoms with van der Waals surface area (Å²) in [6, 6.07) is 7.39. The SMILES string of the molecule is C[C@@H](Oc1cccc(Cl)c1)C(=O)N(Cc1nccn1C)C1CC1. The highest BCUT2D eigenvalue weighted by molar-refractivity contribution is 6.30. The van der Waals surface area contributed by atoms with Crippen LogP contribution in [-0.2, 0) is 18.4 Å². The standard InChI is InChI=1S/C17H20ClN3O2/c1-12(23-15-5-3-4-13(18)10-15)17(22)21(14-6-7-14)11-16-19-8-9-20(16)2/h3-5,8-10,12,14H,6-7,11H2,1-2H3/t12-/m1/s1. The fourth-order valence-electron chi connectivity index (χ4n) is 2.50. The molecule has 23 heavy (non-hydrogen) atoms. The lowest BCUT2D eigenvalue weighted by Crippen LogP contribution is -2.41. The zero-order valence-corrected chi connectivity index (χ0v) is 14.0. The molecule has 0 N–H and O–H groups in total. The number of rotatable bonds is 6. The van der Waals surface area contributed by atoms with Crippen LogP contribution in [0.3, 0.4) is 0 Å². The van der Waals surface area contributed by atoms with Crippen LogP contribution in [0.2, 0.25) is 5.02 Å². The molecule has 1 aromatic carbocycles. The second-order valence-electron chi connectivity index (χ2n) is 5.87. The van der Waals surface area contributed by atoms with Gasteiger partial charge in [-0.15, -0.1) is 0 Å². The quantitative estimate of drug-likeness (QED) is 0.816. The predicted octanol–water partition coefficient (Wildman–Crippen LogP) is 3.03. The maximum atomic E-state index is 12.8. The van der Waals surface area contributed by atoms with Crippen LogP contribution in [0.25, 0.3) is 0 Å². The molecule has 1 amide bonds. The number of aryl methyl sites for hydroxylation is 1. The van der Waals surface area contributed by atoms with Crippen LogP contribution in [0.4, 0.5) is 0 Å². The number of hydrogen-bond acceptors (Lipinski definition) is 3. The maximum absolute atomic E-state index is 12.8. The number of halogens is 1. The molecule has 0 aliphatic heterocycles. The molecule has 1 heterocycles. The van der Waals surface area contributed by atoms with Gasteiger partial charge in [-0.3, -0.25) is 4.79 Å². The summed E-state index contributed by atoms with van der Waals surface area (Å²) >= 11 is 5.96. The van der Waals surface area contributed by atoms with E-state index in [0.717, 1.165) is 18.7 Å². The van der Waals surface area contributed by atoms with Gasteiger partial charge in [0.05, 0.1) is 6.54 Å². The second-order valence-corrected chi connectivity index (χ2v) is 6.31. The molecule has 5 nitrogen and oxygen atoms in total. The van der Waals surface area contributed by atoms with Crippen LogP contribution in [0.1, 0.15) is 25.6 Å². The molecule has 0 saturated heterocycles. The minimum absolute atomic E-state index is 0.0181. The molecule has 122 valence electrons. The van der Waals surface area contributed by atoms with Gasteiger partial charge in [0.15, 0.2) is 6.10 Å². The van der Waals surface area contributed by atoms with Gasteiger partial charge in [-0.1, -0.05) is 17.7 Å². The van der Waals surface area contributed by atoms with E-state index in [9.17, 15) is 4.79 Å².